The molecule has 1 aromatic carbocycles. The SMILES string of the molecule is O=C(CN1C(=O)c2ccc([N+](=O)[O-])cc2C1=O)N1CCc2c([nH][nH]c2=O)C1. The molecule has 0 fully saturated rings. The molecule has 11 heteroatoms. The molecule has 2 aliphatic heterocycles. The number of H-pyrrole nitrogens is 2. The standard InChI is InChI=1S/C16H13N5O6/c22-13(19-4-3-10-12(6-19)17-18-14(10)23)7-20-15(24)9-2-1-8(21(26)27)5-11(9)16(20)25/h1-2,5H,3-4,6-7H2,(H2,17,18,23). The number of carbonyl (C=O) groups is 3. The second-order valence-corrected chi connectivity index (χ2v) is 6.28. The van der Waals surface area contributed by atoms with Crippen LogP contribution in [0.2, 0.25) is 0 Å². The number of nitrogens with zero attached hydrogens (tertiary/aromatic N) is 3. The van der Waals surface area contributed by atoms with Gasteiger partial charge in [0.05, 0.1) is 28.3 Å². The van der Waals surface area contributed by atoms with Gasteiger partial charge in [-0.15, -0.1) is 0 Å². The monoisotopic (exact) mass is 371 g/mol. The first kappa shape index (κ1) is 16.7. The van der Waals surface area contributed by atoms with Gasteiger partial charge in [-0.3, -0.25) is 39.3 Å². The summed E-state index contributed by atoms with van der Waals surface area (Å²) in [6.07, 6.45) is 0.369. The van der Waals surface area contributed by atoms with Crippen molar-refractivity contribution in [2.45, 2.75) is 13.0 Å². The number of amides is 3. The maximum absolute atomic E-state index is 12.6. The smallest absolute Gasteiger partial charge is 0.270 e. The zero-order valence-corrected chi connectivity index (χ0v) is 13.9. The van der Waals surface area contributed by atoms with Crippen LogP contribution in [-0.4, -0.2) is 55.7 Å². The molecule has 3 heterocycles. The number of imide groups is 1. The molecule has 138 valence electrons. The average Bonchev–Trinajstić information content (AvgIpc) is 3.14. The summed E-state index contributed by atoms with van der Waals surface area (Å²) in [5.41, 5.74) is 0.610. The molecule has 0 bridgehead atoms. The van der Waals surface area contributed by atoms with Crippen molar-refractivity contribution in [3.05, 3.63) is 61.1 Å². The molecule has 4 rings (SSSR count). The van der Waals surface area contributed by atoms with E-state index in [4.69, 9.17) is 0 Å². The van der Waals surface area contributed by atoms with Crippen molar-refractivity contribution in [1.82, 2.24) is 20.0 Å². The van der Waals surface area contributed by atoms with Crippen LogP contribution in [0.3, 0.4) is 0 Å². The molecular formula is C16H13N5O6. The van der Waals surface area contributed by atoms with Crippen molar-refractivity contribution in [2.75, 3.05) is 13.1 Å². The summed E-state index contributed by atoms with van der Waals surface area (Å²) in [6.45, 7) is -0.00686. The number of nitrogens with one attached hydrogen (secondary N) is 2. The third kappa shape index (κ3) is 2.60. The number of nitro benzene ring substituents is 1. The molecule has 2 aromatic rings. The van der Waals surface area contributed by atoms with Crippen LogP contribution in [0.4, 0.5) is 5.69 Å². The third-order valence-electron chi connectivity index (χ3n) is 4.76. The van der Waals surface area contributed by atoms with E-state index in [1.54, 1.807) is 0 Å². The molecule has 3 amide bonds. The zero-order chi connectivity index (χ0) is 19.3. The van der Waals surface area contributed by atoms with E-state index in [0.717, 1.165) is 17.0 Å². The minimum atomic E-state index is -0.736. The summed E-state index contributed by atoms with van der Waals surface area (Å²) in [7, 11) is 0. The van der Waals surface area contributed by atoms with E-state index in [9.17, 15) is 29.3 Å². The fraction of sp³-hybridized carbons (Fsp3) is 0.250. The molecule has 0 radical (unpaired) electrons. The molecular weight excluding hydrogens is 358 g/mol. The minimum Gasteiger partial charge on any atom is -0.335 e. The molecule has 27 heavy (non-hydrogen) atoms. The fourth-order valence-corrected chi connectivity index (χ4v) is 3.32. The Balaban J connectivity index is 1.52. The zero-order valence-electron chi connectivity index (χ0n) is 13.9. The lowest BCUT2D eigenvalue weighted by atomic mass is 10.1. The fourth-order valence-electron chi connectivity index (χ4n) is 3.32. The highest BCUT2D eigenvalue weighted by Crippen LogP contribution is 2.27. The Morgan fingerprint density at radius 1 is 1.15 bits per heavy atom. The quantitative estimate of drug-likeness (QED) is 0.433. The first-order valence-electron chi connectivity index (χ1n) is 8.07. The molecule has 1 aromatic heterocycles. The number of carbonyl (C=O) groups excluding carboxylic acids is 3. The second kappa shape index (κ2) is 5.90. The maximum Gasteiger partial charge on any atom is 0.270 e. The predicted molar refractivity (Wildman–Crippen MR) is 89.0 cm³/mol. The minimum absolute atomic E-state index is 0.0364. The third-order valence-corrected chi connectivity index (χ3v) is 4.76. The summed E-state index contributed by atoms with van der Waals surface area (Å²) in [5, 5.41) is 16.0. The number of hydrogen-bond donors (Lipinski definition) is 2. The predicted octanol–water partition coefficient (Wildman–Crippen LogP) is -0.208. The summed E-state index contributed by atoms with van der Waals surface area (Å²) in [6, 6.07) is 3.40. The Morgan fingerprint density at radius 2 is 1.89 bits per heavy atom. The first-order chi connectivity index (χ1) is 12.9. The van der Waals surface area contributed by atoms with Crippen LogP contribution in [0.1, 0.15) is 32.0 Å². The van der Waals surface area contributed by atoms with Crippen molar-refractivity contribution in [1.29, 1.82) is 0 Å². The first-order valence-corrected chi connectivity index (χ1v) is 8.07. The number of fused-ring (bicyclic) bond motifs is 2. The molecule has 0 atom stereocenters. The largest absolute Gasteiger partial charge is 0.335 e. The van der Waals surface area contributed by atoms with Gasteiger partial charge < -0.3 is 10.00 Å². The van der Waals surface area contributed by atoms with E-state index in [2.05, 4.69) is 10.2 Å². The number of aromatic amines is 2. The second-order valence-electron chi connectivity index (χ2n) is 6.28. The summed E-state index contributed by atoms with van der Waals surface area (Å²) < 4.78 is 0. The van der Waals surface area contributed by atoms with Gasteiger partial charge in [-0.25, -0.2) is 0 Å². The lowest BCUT2D eigenvalue weighted by Gasteiger charge is -2.27. The van der Waals surface area contributed by atoms with E-state index < -0.39 is 29.2 Å². The van der Waals surface area contributed by atoms with Crippen molar-refractivity contribution in [3.63, 3.8) is 0 Å². The number of nitro groups is 1. The number of non-ortho nitro benzene ring substituents is 1. The molecule has 0 spiro atoms. The number of hydrogen-bond acceptors (Lipinski definition) is 6. The van der Waals surface area contributed by atoms with Gasteiger partial charge in [-0.2, -0.15) is 0 Å². The molecule has 0 aliphatic carbocycles. The lowest BCUT2D eigenvalue weighted by molar-refractivity contribution is -0.384. The van der Waals surface area contributed by atoms with Crippen LogP contribution >= 0.6 is 0 Å². The van der Waals surface area contributed by atoms with Crippen LogP contribution in [-0.2, 0) is 17.8 Å². The molecule has 0 saturated carbocycles. The normalized spacial score (nSPS) is 15.7. The number of aromatic nitrogens is 2. The van der Waals surface area contributed by atoms with Gasteiger partial charge in [-0.05, 0) is 12.5 Å². The Bertz CT molecular complexity index is 1070. The molecule has 2 N–H and O–H groups in total. The Morgan fingerprint density at radius 3 is 2.63 bits per heavy atom. The Hall–Kier alpha value is -3.76. The van der Waals surface area contributed by atoms with Gasteiger partial charge in [0.1, 0.15) is 6.54 Å². The topological polar surface area (TPSA) is 149 Å². The van der Waals surface area contributed by atoms with E-state index in [1.807, 2.05) is 0 Å². The maximum atomic E-state index is 12.6. The van der Waals surface area contributed by atoms with Crippen molar-refractivity contribution in [3.8, 4) is 0 Å². The number of benzene rings is 1. The van der Waals surface area contributed by atoms with Crippen LogP contribution in [0.5, 0.6) is 0 Å². The highest BCUT2D eigenvalue weighted by Gasteiger charge is 2.39. The van der Waals surface area contributed by atoms with Crippen molar-refractivity contribution >= 4 is 23.4 Å². The van der Waals surface area contributed by atoms with Crippen LogP contribution < -0.4 is 5.56 Å². The lowest BCUT2D eigenvalue weighted by Crippen LogP contribution is -2.44. The van der Waals surface area contributed by atoms with E-state index >= 15 is 0 Å². The van der Waals surface area contributed by atoms with Crippen molar-refractivity contribution < 1.29 is 19.3 Å². The Labute approximate surface area is 150 Å². The van der Waals surface area contributed by atoms with Gasteiger partial charge in [0, 0.05) is 24.2 Å². The molecule has 0 unspecified atom stereocenters. The van der Waals surface area contributed by atoms with Crippen LogP contribution in [0, 0.1) is 10.1 Å². The van der Waals surface area contributed by atoms with E-state index in [-0.39, 0.29) is 28.9 Å². The molecule has 2 aliphatic rings. The van der Waals surface area contributed by atoms with Crippen LogP contribution in [0.25, 0.3) is 0 Å². The Kier molecular flexibility index (Phi) is 3.65. The summed E-state index contributed by atoms with van der Waals surface area (Å²) >= 11 is 0. The van der Waals surface area contributed by atoms with Gasteiger partial charge in [-0.1, -0.05) is 0 Å². The van der Waals surface area contributed by atoms with Gasteiger partial charge in [0.25, 0.3) is 23.1 Å². The molecule has 11 nitrogen and oxygen atoms in total. The van der Waals surface area contributed by atoms with Crippen LogP contribution in [0.15, 0.2) is 23.0 Å². The number of rotatable bonds is 3. The summed E-state index contributed by atoms with van der Waals surface area (Å²) in [4.78, 5) is 61.4. The highest BCUT2D eigenvalue weighted by atomic mass is 16.6. The van der Waals surface area contributed by atoms with Crippen molar-refractivity contribution in [2.24, 2.45) is 0 Å². The van der Waals surface area contributed by atoms with Gasteiger partial charge in [0.15, 0.2) is 0 Å². The van der Waals surface area contributed by atoms with Gasteiger partial charge >= 0.3 is 0 Å². The summed E-state index contributed by atoms with van der Waals surface area (Å²) in [5.74, 6) is -1.85. The average molecular weight is 371 g/mol. The highest BCUT2D eigenvalue weighted by molar-refractivity contribution is 6.22. The van der Waals surface area contributed by atoms with Gasteiger partial charge in [0.2, 0.25) is 5.91 Å². The molecule has 0 saturated heterocycles. The van der Waals surface area contributed by atoms with E-state index in [0.29, 0.717) is 24.2 Å². The van der Waals surface area contributed by atoms with E-state index in [1.165, 1.54) is 11.0 Å².